The van der Waals surface area contributed by atoms with E-state index in [0.717, 1.165) is 56.4 Å². The molecule has 1 atom stereocenters. The summed E-state index contributed by atoms with van der Waals surface area (Å²) in [5.41, 5.74) is 1.88. The second-order valence-electron chi connectivity index (χ2n) is 10.5. The van der Waals surface area contributed by atoms with Crippen molar-refractivity contribution in [2.24, 2.45) is 0 Å². The van der Waals surface area contributed by atoms with Gasteiger partial charge in [-0.05, 0) is 67.5 Å². The van der Waals surface area contributed by atoms with Crippen LogP contribution in [0.1, 0.15) is 55.2 Å². The molecule has 4 aliphatic rings. The molecule has 1 spiro atoms. The number of fused-ring (bicyclic) bond motifs is 2. The minimum Gasteiger partial charge on any atom is -0.486 e. The van der Waals surface area contributed by atoms with Crippen molar-refractivity contribution in [1.82, 2.24) is 4.90 Å². The molecule has 6 rings (SSSR count). The van der Waals surface area contributed by atoms with Crippen LogP contribution in [0, 0.1) is 0 Å². The highest BCUT2D eigenvalue weighted by Crippen LogP contribution is 2.50. The van der Waals surface area contributed by atoms with Crippen LogP contribution in [0.4, 0.5) is 29.3 Å². The van der Waals surface area contributed by atoms with Gasteiger partial charge in [-0.15, -0.1) is 0 Å². The predicted octanol–water partition coefficient (Wildman–Crippen LogP) is 5.96. The minimum absolute atomic E-state index is 0.0586. The van der Waals surface area contributed by atoms with Gasteiger partial charge in [-0.1, -0.05) is 12.1 Å². The molecule has 1 aliphatic carbocycles. The molecule has 2 N–H and O–H groups in total. The summed E-state index contributed by atoms with van der Waals surface area (Å²) in [6.45, 7) is 1.72. The molecule has 0 aromatic heterocycles. The first-order chi connectivity index (χ1) is 18.2. The lowest BCUT2D eigenvalue weighted by Gasteiger charge is -2.46. The number of hydrogen-bond acceptors (Lipinski definition) is 4. The first-order valence-corrected chi connectivity index (χ1v) is 12.9. The number of alkyl halides is 3. The molecule has 3 aliphatic heterocycles. The molecule has 1 unspecified atom stereocenters. The Morgan fingerprint density at radius 2 is 2.03 bits per heavy atom. The Morgan fingerprint density at radius 1 is 1.18 bits per heavy atom. The Balaban J connectivity index is 1.19. The number of benzene rings is 2. The van der Waals surface area contributed by atoms with Crippen molar-refractivity contribution in [3.63, 3.8) is 0 Å². The fourth-order valence-electron chi connectivity index (χ4n) is 5.64. The Bertz CT molecular complexity index is 1310. The molecule has 3 heterocycles. The number of carbonyl (C=O) groups is 2. The number of nitrogens with zero attached hydrogens (tertiary/aromatic N) is 1. The summed E-state index contributed by atoms with van der Waals surface area (Å²) >= 11 is 0. The lowest BCUT2D eigenvalue weighted by atomic mass is 9.72. The predicted molar refractivity (Wildman–Crippen MR) is 135 cm³/mol. The molecule has 2 aromatic rings. The van der Waals surface area contributed by atoms with Gasteiger partial charge >= 0.3 is 12.2 Å². The van der Waals surface area contributed by atoms with Crippen molar-refractivity contribution in [3.8, 4) is 5.75 Å². The SMILES string of the molecule is O=C(/C=C1\CC2(CCC2)Oc2cc(C(F)(F)F)ccc21)Nc1ccc2c(c1)NC(=O)N(CC1CCCO1)C2. The van der Waals surface area contributed by atoms with E-state index < -0.39 is 23.2 Å². The van der Waals surface area contributed by atoms with Crippen LogP contribution in [-0.4, -0.2) is 41.7 Å². The number of ether oxygens (including phenoxy) is 2. The van der Waals surface area contributed by atoms with Gasteiger partial charge in [-0.2, -0.15) is 13.2 Å². The molecule has 0 radical (unpaired) electrons. The van der Waals surface area contributed by atoms with Crippen LogP contribution in [0.15, 0.2) is 42.5 Å². The quantitative estimate of drug-likeness (QED) is 0.481. The highest BCUT2D eigenvalue weighted by molar-refractivity contribution is 6.05. The molecule has 2 aromatic carbocycles. The van der Waals surface area contributed by atoms with Crippen molar-refractivity contribution in [1.29, 1.82) is 0 Å². The summed E-state index contributed by atoms with van der Waals surface area (Å²) in [5, 5.41) is 5.72. The maximum atomic E-state index is 13.3. The zero-order valence-electron chi connectivity index (χ0n) is 20.7. The monoisotopic (exact) mass is 527 g/mol. The second-order valence-corrected chi connectivity index (χ2v) is 10.5. The molecule has 200 valence electrons. The van der Waals surface area contributed by atoms with Crippen molar-refractivity contribution < 1.29 is 32.2 Å². The lowest BCUT2D eigenvalue weighted by Crippen LogP contribution is -2.45. The molecular weight excluding hydrogens is 499 g/mol. The van der Waals surface area contributed by atoms with E-state index in [1.165, 1.54) is 12.1 Å². The van der Waals surface area contributed by atoms with E-state index in [0.29, 0.717) is 42.0 Å². The van der Waals surface area contributed by atoms with E-state index in [9.17, 15) is 22.8 Å². The minimum atomic E-state index is -4.48. The lowest BCUT2D eigenvalue weighted by molar-refractivity contribution is -0.138. The highest BCUT2D eigenvalue weighted by Gasteiger charge is 2.44. The molecule has 0 bridgehead atoms. The van der Waals surface area contributed by atoms with Crippen LogP contribution >= 0.6 is 0 Å². The first-order valence-electron chi connectivity index (χ1n) is 12.9. The van der Waals surface area contributed by atoms with Gasteiger partial charge in [0.2, 0.25) is 5.91 Å². The number of carbonyl (C=O) groups excluding carboxylic acids is 2. The summed E-state index contributed by atoms with van der Waals surface area (Å²) in [4.78, 5) is 27.3. The van der Waals surface area contributed by atoms with Crippen molar-refractivity contribution in [3.05, 3.63) is 59.2 Å². The Hall–Kier alpha value is -3.53. The van der Waals surface area contributed by atoms with Crippen molar-refractivity contribution in [2.75, 3.05) is 23.8 Å². The maximum Gasteiger partial charge on any atom is 0.416 e. The third-order valence-electron chi connectivity index (χ3n) is 7.78. The zero-order chi connectivity index (χ0) is 26.5. The van der Waals surface area contributed by atoms with Gasteiger partial charge in [0.05, 0.1) is 11.7 Å². The molecule has 38 heavy (non-hydrogen) atoms. The third-order valence-corrected chi connectivity index (χ3v) is 7.78. The average Bonchev–Trinajstić information content (AvgIpc) is 3.36. The highest BCUT2D eigenvalue weighted by atomic mass is 19.4. The van der Waals surface area contributed by atoms with Crippen LogP contribution in [0.5, 0.6) is 5.75 Å². The van der Waals surface area contributed by atoms with E-state index in [4.69, 9.17) is 9.47 Å². The number of amides is 3. The summed E-state index contributed by atoms with van der Waals surface area (Å²) in [6, 6.07) is 8.56. The summed E-state index contributed by atoms with van der Waals surface area (Å²) in [6.07, 6.45) is 1.82. The normalized spacial score (nSPS) is 22.8. The smallest absolute Gasteiger partial charge is 0.416 e. The van der Waals surface area contributed by atoms with E-state index in [-0.39, 0.29) is 17.9 Å². The standard InChI is InChI=1S/C28H28F3N3O4/c29-28(30,31)19-5-7-22-18(14-27(8-2-9-27)38-24(22)12-19)11-25(35)32-20-6-4-17-15-34(16-21-3-1-10-37-21)26(36)33-23(17)13-20/h4-7,11-13,21H,1-3,8-10,14-16H2,(H,32,35)(H,33,36)/b18-11+. The number of halogens is 3. The van der Waals surface area contributed by atoms with Gasteiger partial charge in [0, 0.05) is 49.1 Å². The van der Waals surface area contributed by atoms with Crippen LogP contribution in [0.25, 0.3) is 5.57 Å². The van der Waals surface area contributed by atoms with E-state index >= 15 is 0 Å². The molecule has 1 saturated carbocycles. The van der Waals surface area contributed by atoms with Crippen molar-refractivity contribution >= 4 is 28.9 Å². The van der Waals surface area contributed by atoms with Gasteiger partial charge in [0.25, 0.3) is 0 Å². The van der Waals surface area contributed by atoms with Gasteiger partial charge in [-0.3, -0.25) is 4.79 Å². The van der Waals surface area contributed by atoms with E-state index in [2.05, 4.69) is 10.6 Å². The largest absolute Gasteiger partial charge is 0.486 e. The van der Waals surface area contributed by atoms with Gasteiger partial charge in [0.1, 0.15) is 11.4 Å². The molecule has 3 amide bonds. The van der Waals surface area contributed by atoms with Gasteiger partial charge < -0.3 is 25.0 Å². The molecule has 2 fully saturated rings. The van der Waals surface area contributed by atoms with Crippen LogP contribution in [-0.2, 0) is 22.3 Å². The van der Waals surface area contributed by atoms with E-state index in [1.54, 1.807) is 17.0 Å². The van der Waals surface area contributed by atoms with Crippen LogP contribution in [0.2, 0.25) is 0 Å². The number of urea groups is 1. The molecule has 1 saturated heterocycles. The van der Waals surface area contributed by atoms with Crippen LogP contribution < -0.4 is 15.4 Å². The summed E-state index contributed by atoms with van der Waals surface area (Å²) in [7, 11) is 0. The molecular formula is C28H28F3N3O4. The first kappa shape index (κ1) is 24.8. The topological polar surface area (TPSA) is 79.9 Å². The fourth-order valence-corrected chi connectivity index (χ4v) is 5.64. The van der Waals surface area contributed by atoms with Crippen LogP contribution in [0.3, 0.4) is 0 Å². The molecule has 10 heteroatoms. The summed E-state index contributed by atoms with van der Waals surface area (Å²) in [5.74, 6) is -0.238. The Kier molecular flexibility index (Phi) is 6.09. The fraction of sp³-hybridized carbons (Fsp3) is 0.429. The number of rotatable bonds is 4. The number of nitrogens with one attached hydrogen (secondary N) is 2. The second kappa shape index (κ2) is 9.34. The third kappa shape index (κ3) is 4.84. The molecule has 7 nitrogen and oxygen atoms in total. The Morgan fingerprint density at radius 3 is 2.74 bits per heavy atom. The van der Waals surface area contributed by atoms with E-state index in [1.807, 2.05) is 6.07 Å². The zero-order valence-corrected chi connectivity index (χ0v) is 20.7. The summed E-state index contributed by atoms with van der Waals surface area (Å²) < 4.78 is 51.5. The van der Waals surface area contributed by atoms with Gasteiger partial charge in [0.15, 0.2) is 0 Å². The Labute approximate surface area is 218 Å². The maximum absolute atomic E-state index is 13.3. The average molecular weight is 528 g/mol. The van der Waals surface area contributed by atoms with Crippen molar-refractivity contribution in [2.45, 2.75) is 63.0 Å². The number of hydrogen-bond donors (Lipinski definition) is 2. The van der Waals surface area contributed by atoms with Gasteiger partial charge in [-0.25, -0.2) is 4.79 Å². The number of anilines is 2.